The number of nitrogens with one attached hydrogen (secondary N) is 1. The fourth-order valence-corrected chi connectivity index (χ4v) is 6.37. The largest absolute Gasteiger partial charge is 0.507 e. The smallest absolute Gasteiger partial charge is 0.471 e. The standard InChI is InChI=1S/C31H32F3NO9/c1-13-6-4-7-16(35-30(41)31(32,33)34)12-21(43-13)44-20-11-15(14(2)36)10-18-23(20)29(40)25-24(27(18)38)26(37)17-8-5-9-19(42-3)22(17)28(25)39/h5,8-9,13,15-16,20-21,38,40H,4,6-7,10-12H2,1-3H3,(H,35,41)/t13?,15?,16?,20-,21?/m0/s1. The second kappa shape index (κ2) is 11.8. The highest BCUT2D eigenvalue weighted by molar-refractivity contribution is 6.31. The number of methoxy groups -OCH3 is 1. The molecule has 0 spiro atoms. The molecule has 2 aromatic carbocycles. The molecule has 1 amide bonds. The highest BCUT2D eigenvalue weighted by Crippen LogP contribution is 2.51. The number of fused-ring (bicyclic) bond motifs is 3. The van der Waals surface area contributed by atoms with Crippen molar-refractivity contribution in [2.45, 2.75) is 83.1 Å². The maximum atomic E-state index is 13.8. The lowest BCUT2D eigenvalue weighted by Crippen LogP contribution is -2.46. The van der Waals surface area contributed by atoms with Gasteiger partial charge in [-0.25, -0.2) is 0 Å². The van der Waals surface area contributed by atoms with Gasteiger partial charge in [-0.15, -0.1) is 0 Å². The van der Waals surface area contributed by atoms with Crippen molar-refractivity contribution in [1.29, 1.82) is 0 Å². The third-order valence-electron chi connectivity index (χ3n) is 8.54. The number of alkyl halides is 3. The predicted molar refractivity (Wildman–Crippen MR) is 147 cm³/mol. The van der Waals surface area contributed by atoms with Crippen LogP contribution in [-0.4, -0.2) is 65.2 Å². The summed E-state index contributed by atoms with van der Waals surface area (Å²) in [5, 5.41) is 25.0. The average Bonchev–Trinajstić information content (AvgIpc) is 2.95. The second-order valence-corrected chi connectivity index (χ2v) is 11.5. The van der Waals surface area contributed by atoms with Crippen LogP contribution in [-0.2, 0) is 25.5 Å². The Morgan fingerprint density at radius 3 is 2.39 bits per heavy atom. The summed E-state index contributed by atoms with van der Waals surface area (Å²) in [5.74, 6) is -5.64. The zero-order valence-corrected chi connectivity index (χ0v) is 24.2. The molecule has 1 saturated heterocycles. The van der Waals surface area contributed by atoms with Crippen LogP contribution in [0.4, 0.5) is 13.2 Å². The first-order chi connectivity index (χ1) is 20.7. The van der Waals surface area contributed by atoms with Crippen LogP contribution in [0.3, 0.4) is 0 Å². The first-order valence-corrected chi connectivity index (χ1v) is 14.3. The number of ketones is 3. The number of carbonyl (C=O) groups excluding carboxylic acids is 4. The van der Waals surface area contributed by atoms with E-state index in [-0.39, 0.29) is 65.6 Å². The Balaban J connectivity index is 1.58. The van der Waals surface area contributed by atoms with E-state index < -0.39 is 70.6 Å². The molecule has 4 unspecified atom stereocenters. The summed E-state index contributed by atoms with van der Waals surface area (Å²) in [6.45, 7) is 3.10. The summed E-state index contributed by atoms with van der Waals surface area (Å²) in [7, 11) is 1.32. The summed E-state index contributed by atoms with van der Waals surface area (Å²) in [6.07, 6.45) is -6.89. The molecule has 0 aromatic heterocycles. The van der Waals surface area contributed by atoms with Crippen LogP contribution >= 0.6 is 0 Å². The average molecular weight is 620 g/mol. The third-order valence-corrected chi connectivity index (χ3v) is 8.54. The minimum atomic E-state index is -5.09. The summed E-state index contributed by atoms with van der Waals surface area (Å²) in [6, 6.07) is 3.44. The van der Waals surface area contributed by atoms with E-state index in [2.05, 4.69) is 0 Å². The van der Waals surface area contributed by atoms with Gasteiger partial charge in [0.05, 0.1) is 36.0 Å². The number of amides is 1. The van der Waals surface area contributed by atoms with Crippen molar-refractivity contribution in [2.75, 3.05) is 7.11 Å². The third kappa shape index (κ3) is 5.65. The first-order valence-electron chi connectivity index (χ1n) is 14.3. The fraction of sp³-hybridized carbons (Fsp3) is 0.484. The highest BCUT2D eigenvalue weighted by atomic mass is 19.4. The van der Waals surface area contributed by atoms with Crippen molar-refractivity contribution in [3.8, 4) is 17.2 Å². The van der Waals surface area contributed by atoms with Gasteiger partial charge in [0.2, 0.25) is 5.78 Å². The number of phenols is 2. The second-order valence-electron chi connectivity index (χ2n) is 11.5. The van der Waals surface area contributed by atoms with Crippen molar-refractivity contribution in [3.05, 3.63) is 51.6 Å². The van der Waals surface area contributed by atoms with Gasteiger partial charge in [-0.2, -0.15) is 13.2 Å². The van der Waals surface area contributed by atoms with Gasteiger partial charge in [-0.05, 0) is 52.0 Å². The lowest BCUT2D eigenvalue weighted by Gasteiger charge is -2.37. The Labute approximate surface area is 250 Å². The monoisotopic (exact) mass is 619 g/mol. The van der Waals surface area contributed by atoms with E-state index >= 15 is 0 Å². The minimum absolute atomic E-state index is 0.00994. The predicted octanol–water partition coefficient (Wildman–Crippen LogP) is 4.44. The van der Waals surface area contributed by atoms with E-state index in [4.69, 9.17) is 14.2 Å². The van der Waals surface area contributed by atoms with Crippen LogP contribution in [0.25, 0.3) is 0 Å². The molecule has 0 radical (unpaired) electrons. The molecular weight excluding hydrogens is 587 g/mol. The van der Waals surface area contributed by atoms with Crippen LogP contribution in [0, 0.1) is 5.92 Å². The lowest BCUT2D eigenvalue weighted by molar-refractivity contribution is -0.209. The summed E-state index contributed by atoms with van der Waals surface area (Å²) >= 11 is 0. The number of carbonyl (C=O) groups is 4. The fourth-order valence-electron chi connectivity index (χ4n) is 6.37. The van der Waals surface area contributed by atoms with Gasteiger partial charge in [0.25, 0.3) is 0 Å². The molecule has 44 heavy (non-hydrogen) atoms. The van der Waals surface area contributed by atoms with Crippen molar-refractivity contribution >= 4 is 23.3 Å². The molecule has 5 atom stereocenters. The molecule has 3 aliphatic rings. The number of rotatable bonds is 5. The molecule has 13 heteroatoms. The van der Waals surface area contributed by atoms with E-state index in [9.17, 15) is 42.6 Å². The van der Waals surface area contributed by atoms with E-state index in [1.54, 1.807) is 6.92 Å². The maximum absolute atomic E-state index is 13.8. The van der Waals surface area contributed by atoms with Gasteiger partial charge in [0.15, 0.2) is 12.1 Å². The SMILES string of the molecule is COc1cccc2c1C(=O)c1c(O)c3c(c(O)c1C2=O)CC(C(C)=O)C[C@@H]3OC1CC(NC(=O)C(F)(F)F)CCCC(C)O1. The molecule has 3 N–H and O–H groups in total. The summed E-state index contributed by atoms with van der Waals surface area (Å²) < 4.78 is 56.5. The van der Waals surface area contributed by atoms with Crippen LogP contribution in [0.1, 0.15) is 95.0 Å². The van der Waals surface area contributed by atoms with Gasteiger partial charge < -0.3 is 29.7 Å². The normalized spacial score (nSPS) is 25.2. The molecule has 2 aliphatic carbocycles. The Bertz CT molecular complexity index is 1540. The highest BCUT2D eigenvalue weighted by Gasteiger charge is 2.45. The molecule has 10 nitrogen and oxygen atoms in total. The molecule has 5 rings (SSSR count). The quantitative estimate of drug-likeness (QED) is 0.353. The molecule has 1 aliphatic heterocycles. The summed E-state index contributed by atoms with van der Waals surface area (Å²) in [5.41, 5.74) is -0.927. The summed E-state index contributed by atoms with van der Waals surface area (Å²) in [4.78, 5) is 51.6. The van der Waals surface area contributed by atoms with Gasteiger partial charge in [-0.3, -0.25) is 19.2 Å². The lowest BCUT2D eigenvalue weighted by atomic mass is 9.74. The van der Waals surface area contributed by atoms with E-state index in [0.29, 0.717) is 12.8 Å². The van der Waals surface area contributed by atoms with E-state index in [1.165, 1.54) is 32.2 Å². The topological polar surface area (TPSA) is 148 Å². The van der Waals surface area contributed by atoms with Crippen molar-refractivity contribution in [1.82, 2.24) is 5.32 Å². The molecule has 0 saturated carbocycles. The van der Waals surface area contributed by atoms with Gasteiger partial charge >= 0.3 is 12.1 Å². The van der Waals surface area contributed by atoms with Crippen LogP contribution in [0.15, 0.2) is 18.2 Å². The van der Waals surface area contributed by atoms with E-state index in [0.717, 1.165) is 0 Å². The number of hydrogen-bond acceptors (Lipinski definition) is 9. The Morgan fingerprint density at radius 2 is 1.73 bits per heavy atom. The Hall–Kier alpha value is -3.97. The van der Waals surface area contributed by atoms with Crippen molar-refractivity contribution in [2.24, 2.45) is 5.92 Å². The number of halogens is 3. The molecule has 0 bridgehead atoms. The minimum Gasteiger partial charge on any atom is -0.507 e. The van der Waals surface area contributed by atoms with Crippen LogP contribution in [0.2, 0.25) is 0 Å². The number of Topliss-reactive ketones (excluding diaryl/α,β-unsaturated/α-hetero) is 1. The first kappa shape index (κ1) is 31.5. The molecule has 2 aromatic rings. The van der Waals surface area contributed by atoms with Gasteiger partial charge in [-0.1, -0.05) is 12.1 Å². The molecule has 236 valence electrons. The number of ether oxygens (including phenoxy) is 3. The molecular formula is C31H32F3NO9. The Morgan fingerprint density at radius 1 is 1.02 bits per heavy atom. The van der Waals surface area contributed by atoms with Crippen LogP contribution in [0.5, 0.6) is 17.2 Å². The Kier molecular flexibility index (Phi) is 8.47. The zero-order valence-electron chi connectivity index (χ0n) is 24.2. The van der Waals surface area contributed by atoms with Gasteiger partial charge in [0, 0.05) is 35.1 Å². The van der Waals surface area contributed by atoms with Crippen molar-refractivity contribution < 1.29 is 56.8 Å². The maximum Gasteiger partial charge on any atom is 0.471 e. The molecule has 1 heterocycles. The number of hydrogen-bond donors (Lipinski definition) is 3. The molecule has 1 fully saturated rings. The number of aromatic hydroxyl groups is 2. The van der Waals surface area contributed by atoms with Crippen molar-refractivity contribution in [3.63, 3.8) is 0 Å². The number of benzene rings is 2. The van der Waals surface area contributed by atoms with E-state index in [1.807, 2.05) is 5.32 Å². The van der Waals surface area contributed by atoms with Crippen LogP contribution < -0.4 is 10.1 Å². The number of phenolic OH excluding ortho intramolecular Hbond substituents is 2. The zero-order chi connectivity index (χ0) is 32.1. The van der Waals surface area contributed by atoms with Gasteiger partial charge in [0.1, 0.15) is 23.0 Å².